The summed E-state index contributed by atoms with van der Waals surface area (Å²) in [5.74, 6) is 1.47. The number of fused-ring (bicyclic) bond motifs is 1. The van der Waals surface area contributed by atoms with E-state index in [9.17, 15) is 0 Å². The normalized spacial score (nSPS) is 25.6. The second-order valence-corrected chi connectivity index (χ2v) is 4.02. The minimum atomic E-state index is 0.301. The Morgan fingerprint density at radius 3 is 2.93 bits per heavy atom. The highest BCUT2D eigenvalue weighted by atomic mass is 16.5. The Hall–Kier alpha value is -1.02. The fraction of sp³-hybridized carbons (Fsp3) is 0.500. The molecule has 1 aromatic rings. The summed E-state index contributed by atoms with van der Waals surface area (Å²) in [4.78, 5) is 0. The van der Waals surface area contributed by atoms with Crippen LogP contribution < -0.4 is 10.5 Å². The van der Waals surface area contributed by atoms with Crippen LogP contribution in [0.4, 0.5) is 0 Å². The fourth-order valence-electron chi connectivity index (χ4n) is 2.26. The predicted molar refractivity (Wildman–Crippen MR) is 57.7 cm³/mol. The molecular formula is C12H17NO. The maximum Gasteiger partial charge on any atom is 0.122 e. The SMILES string of the molecule is COc1cccc2c1CC[C@@H](N)[C@H]2C. The molecule has 0 bridgehead atoms. The van der Waals surface area contributed by atoms with Gasteiger partial charge in [-0.25, -0.2) is 0 Å². The van der Waals surface area contributed by atoms with Crippen LogP contribution in [-0.2, 0) is 6.42 Å². The average molecular weight is 191 g/mol. The molecule has 0 heterocycles. The van der Waals surface area contributed by atoms with Gasteiger partial charge in [-0.15, -0.1) is 0 Å². The van der Waals surface area contributed by atoms with Gasteiger partial charge in [0.2, 0.25) is 0 Å². The summed E-state index contributed by atoms with van der Waals surface area (Å²) in [6.45, 7) is 2.20. The van der Waals surface area contributed by atoms with Crippen molar-refractivity contribution in [3.63, 3.8) is 0 Å². The fourth-order valence-corrected chi connectivity index (χ4v) is 2.26. The van der Waals surface area contributed by atoms with Gasteiger partial charge in [-0.05, 0) is 36.0 Å². The molecule has 2 nitrogen and oxygen atoms in total. The zero-order valence-electron chi connectivity index (χ0n) is 8.79. The first-order chi connectivity index (χ1) is 6.74. The Labute approximate surface area is 85.1 Å². The van der Waals surface area contributed by atoms with E-state index >= 15 is 0 Å². The van der Waals surface area contributed by atoms with Crippen LogP contribution in [0.1, 0.15) is 30.4 Å². The molecule has 1 aromatic carbocycles. The van der Waals surface area contributed by atoms with Gasteiger partial charge in [-0.1, -0.05) is 19.1 Å². The molecule has 14 heavy (non-hydrogen) atoms. The van der Waals surface area contributed by atoms with E-state index in [-0.39, 0.29) is 0 Å². The lowest BCUT2D eigenvalue weighted by atomic mass is 9.80. The van der Waals surface area contributed by atoms with Crippen LogP contribution in [0.3, 0.4) is 0 Å². The molecule has 2 N–H and O–H groups in total. The van der Waals surface area contributed by atoms with Gasteiger partial charge in [0.1, 0.15) is 5.75 Å². The number of hydrogen-bond donors (Lipinski definition) is 1. The van der Waals surface area contributed by atoms with Crippen molar-refractivity contribution in [1.29, 1.82) is 0 Å². The third kappa shape index (κ3) is 1.40. The van der Waals surface area contributed by atoms with Crippen molar-refractivity contribution >= 4 is 0 Å². The van der Waals surface area contributed by atoms with Crippen LogP contribution in [0, 0.1) is 0 Å². The van der Waals surface area contributed by atoms with Gasteiger partial charge in [0.25, 0.3) is 0 Å². The number of nitrogens with two attached hydrogens (primary N) is 1. The lowest BCUT2D eigenvalue weighted by Gasteiger charge is -2.29. The van der Waals surface area contributed by atoms with Gasteiger partial charge in [0, 0.05) is 6.04 Å². The van der Waals surface area contributed by atoms with E-state index in [2.05, 4.69) is 13.0 Å². The van der Waals surface area contributed by atoms with Gasteiger partial charge in [0.15, 0.2) is 0 Å². The van der Waals surface area contributed by atoms with Crippen molar-refractivity contribution < 1.29 is 4.74 Å². The van der Waals surface area contributed by atoms with Gasteiger partial charge < -0.3 is 10.5 Å². The van der Waals surface area contributed by atoms with Crippen LogP contribution in [0.15, 0.2) is 18.2 Å². The zero-order chi connectivity index (χ0) is 10.1. The molecule has 2 heteroatoms. The van der Waals surface area contributed by atoms with Crippen LogP contribution in [0.25, 0.3) is 0 Å². The average Bonchev–Trinajstić information content (AvgIpc) is 2.23. The van der Waals surface area contributed by atoms with Crippen LogP contribution in [-0.4, -0.2) is 13.2 Å². The lowest BCUT2D eigenvalue weighted by molar-refractivity contribution is 0.399. The molecule has 0 saturated heterocycles. The van der Waals surface area contributed by atoms with E-state index in [1.54, 1.807) is 7.11 Å². The van der Waals surface area contributed by atoms with E-state index in [4.69, 9.17) is 10.5 Å². The predicted octanol–water partition coefficient (Wildman–Crippen LogP) is 2.07. The second-order valence-electron chi connectivity index (χ2n) is 4.02. The summed E-state index contributed by atoms with van der Waals surface area (Å²) in [6, 6.07) is 6.55. The van der Waals surface area contributed by atoms with Crippen molar-refractivity contribution in [1.82, 2.24) is 0 Å². The molecular weight excluding hydrogens is 174 g/mol. The molecule has 76 valence electrons. The monoisotopic (exact) mass is 191 g/mol. The van der Waals surface area contributed by atoms with Gasteiger partial charge >= 0.3 is 0 Å². The highest BCUT2D eigenvalue weighted by molar-refractivity contribution is 5.44. The minimum absolute atomic E-state index is 0.301. The van der Waals surface area contributed by atoms with Crippen molar-refractivity contribution in [3.8, 4) is 5.75 Å². The Morgan fingerprint density at radius 2 is 2.21 bits per heavy atom. The van der Waals surface area contributed by atoms with Crippen molar-refractivity contribution in [2.24, 2.45) is 5.73 Å². The van der Waals surface area contributed by atoms with E-state index in [0.29, 0.717) is 12.0 Å². The van der Waals surface area contributed by atoms with E-state index in [0.717, 1.165) is 18.6 Å². The van der Waals surface area contributed by atoms with E-state index < -0.39 is 0 Å². The van der Waals surface area contributed by atoms with Crippen LogP contribution in [0.5, 0.6) is 5.75 Å². The molecule has 0 spiro atoms. The van der Waals surface area contributed by atoms with E-state index in [1.807, 2.05) is 12.1 Å². The maximum atomic E-state index is 6.04. The summed E-state index contributed by atoms with van der Waals surface area (Å²) < 4.78 is 5.36. The topological polar surface area (TPSA) is 35.2 Å². The van der Waals surface area contributed by atoms with Crippen molar-refractivity contribution in [2.45, 2.75) is 31.7 Å². The molecule has 0 aliphatic heterocycles. The van der Waals surface area contributed by atoms with Crippen molar-refractivity contribution in [3.05, 3.63) is 29.3 Å². The molecule has 0 fully saturated rings. The summed E-state index contributed by atoms with van der Waals surface area (Å²) in [6.07, 6.45) is 2.11. The Morgan fingerprint density at radius 1 is 1.43 bits per heavy atom. The first kappa shape index (κ1) is 9.53. The summed E-state index contributed by atoms with van der Waals surface area (Å²) >= 11 is 0. The van der Waals surface area contributed by atoms with Crippen molar-refractivity contribution in [2.75, 3.05) is 7.11 Å². The Kier molecular flexibility index (Phi) is 2.46. The van der Waals surface area contributed by atoms with Gasteiger partial charge in [-0.2, -0.15) is 0 Å². The highest BCUT2D eigenvalue weighted by Gasteiger charge is 2.24. The molecule has 0 saturated carbocycles. The molecule has 0 unspecified atom stereocenters. The van der Waals surface area contributed by atoms with Gasteiger partial charge in [0.05, 0.1) is 7.11 Å². The number of ether oxygens (including phenoxy) is 1. The standard InChI is InChI=1S/C12H17NO/c1-8-9-4-3-5-12(14-2)10(9)6-7-11(8)13/h3-5,8,11H,6-7,13H2,1-2H3/t8-,11+/m0/s1. The third-order valence-corrected chi connectivity index (χ3v) is 3.25. The van der Waals surface area contributed by atoms with Crippen LogP contribution >= 0.6 is 0 Å². The molecule has 0 amide bonds. The van der Waals surface area contributed by atoms with E-state index in [1.165, 1.54) is 11.1 Å². The van der Waals surface area contributed by atoms with Gasteiger partial charge in [-0.3, -0.25) is 0 Å². The van der Waals surface area contributed by atoms with Crippen LogP contribution in [0.2, 0.25) is 0 Å². The first-order valence-electron chi connectivity index (χ1n) is 5.15. The smallest absolute Gasteiger partial charge is 0.122 e. The second kappa shape index (κ2) is 3.62. The number of methoxy groups -OCH3 is 1. The summed E-state index contributed by atoms with van der Waals surface area (Å²) in [7, 11) is 1.73. The lowest BCUT2D eigenvalue weighted by Crippen LogP contribution is -2.31. The summed E-state index contributed by atoms with van der Waals surface area (Å²) in [5.41, 5.74) is 8.76. The molecule has 1 aliphatic rings. The first-order valence-corrected chi connectivity index (χ1v) is 5.15. The molecule has 0 radical (unpaired) electrons. The largest absolute Gasteiger partial charge is 0.496 e. The quantitative estimate of drug-likeness (QED) is 0.737. The Bertz CT molecular complexity index is 335. The molecule has 2 rings (SSSR count). The number of benzene rings is 1. The third-order valence-electron chi connectivity index (χ3n) is 3.25. The highest BCUT2D eigenvalue weighted by Crippen LogP contribution is 2.35. The zero-order valence-corrected chi connectivity index (χ0v) is 8.79. The summed E-state index contributed by atoms with van der Waals surface area (Å²) in [5, 5.41) is 0. The maximum absolute atomic E-state index is 6.04. The molecule has 2 atom stereocenters. The minimum Gasteiger partial charge on any atom is -0.496 e. The number of hydrogen-bond acceptors (Lipinski definition) is 2. The molecule has 0 aromatic heterocycles. The molecule has 1 aliphatic carbocycles. The number of rotatable bonds is 1. The Balaban J connectivity index is 2.47.